The molecule has 0 aromatic heterocycles. The van der Waals surface area contributed by atoms with Gasteiger partial charge in [0.05, 0.1) is 11.5 Å². The van der Waals surface area contributed by atoms with Gasteiger partial charge in [-0.1, -0.05) is 0 Å². The Kier molecular flexibility index (Phi) is 6.42. The highest BCUT2D eigenvalue weighted by Crippen LogP contribution is 2.11. The second-order valence-electron chi connectivity index (χ2n) is 5.19. The highest BCUT2D eigenvalue weighted by atomic mass is 32.2. The third-order valence-corrected chi connectivity index (χ3v) is 4.37. The van der Waals surface area contributed by atoms with Crippen molar-refractivity contribution in [2.24, 2.45) is 0 Å². The fourth-order valence-electron chi connectivity index (χ4n) is 2.21. The molecule has 1 fully saturated rings. The highest BCUT2D eigenvalue weighted by Gasteiger charge is 2.24. The summed E-state index contributed by atoms with van der Waals surface area (Å²) < 4.78 is 12.8. The summed E-state index contributed by atoms with van der Waals surface area (Å²) in [4.78, 5) is 37.7. The first-order valence-electron chi connectivity index (χ1n) is 7.34. The number of thioether (sulfide) groups is 1. The van der Waals surface area contributed by atoms with E-state index in [0.717, 1.165) is 11.8 Å². The van der Waals surface area contributed by atoms with Crippen LogP contribution in [0.1, 0.15) is 0 Å². The fourth-order valence-corrected chi connectivity index (χ4v) is 2.85. The summed E-state index contributed by atoms with van der Waals surface area (Å²) in [5.74, 6) is -1.43. The number of aliphatic carboxylic acids is 1. The Hall–Kier alpha value is -2.29. The lowest BCUT2D eigenvalue weighted by Gasteiger charge is -2.34. The van der Waals surface area contributed by atoms with Gasteiger partial charge in [-0.15, -0.1) is 11.8 Å². The van der Waals surface area contributed by atoms with Crippen molar-refractivity contribution in [2.45, 2.75) is 0 Å². The number of hydrogen-bond donors (Lipinski definition) is 2. The lowest BCUT2D eigenvalue weighted by molar-refractivity contribution is -0.133. The molecule has 1 aromatic carbocycles. The number of benzene rings is 1. The normalized spacial score (nSPS) is 14.4. The molecule has 0 bridgehead atoms. The Balaban J connectivity index is 1.75. The number of carbonyl (C=O) groups excluding carboxylic acids is 2. The van der Waals surface area contributed by atoms with Gasteiger partial charge in [-0.2, -0.15) is 0 Å². The van der Waals surface area contributed by atoms with E-state index in [0.29, 0.717) is 31.9 Å². The molecule has 1 aromatic rings. The lowest BCUT2D eigenvalue weighted by atomic mass is 10.3. The van der Waals surface area contributed by atoms with E-state index in [-0.39, 0.29) is 29.3 Å². The predicted octanol–water partition coefficient (Wildman–Crippen LogP) is 1.32. The fraction of sp³-hybridized carbons (Fsp3) is 0.400. The van der Waals surface area contributed by atoms with Crippen molar-refractivity contribution in [3.05, 3.63) is 30.1 Å². The van der Waals surface area contributed by atoms with Crippen LogP contribution < -0.4 is 5.32 Å². The van der Waals surface area contributed by atoms with E-state index in [2.05, 4.69) is 5.32 Å². The van der Waals surface area contributed by atoms with Crippen molar-refractivity contribution in [1.29, 1.82) is 0 Å². The smallest absolute Gasteiger partial charge is 0.321 e. The number of nitrogens with zero attached hydrogens (tertiary/aromatic N) is 2. The van der Waals surface area contributed by atoms with Gasteiger partial charge in [0, 0.05) is 31.9 Å². The molecule has 3 amide bonds. The van der Waals surface area contributed by atoms with Gasteiger partial charge in [-0.05, 0) is 24.3 Å². The van der Waals surface area contributed by atoms with Crippen molar-refractivity contribution in [3.8, 4) is 0 Å². The van der Waals surface area contributed by atoms with E-state index in [1.54, 1.807) is 9.80 Å². The number of carboxylic acid groups (broad SMARTS) is 1. The molecule has 130 valence electrons. The Morgan fingerprint density at radius 1 is 1.04 bits per heavy atom. The first-order chi connectivity index (χ1) is 11.5. The number of rotatable bonds is 5. The number of amides is 3. The van der Waals surface area contributed by atoms with Crippen LogP contribution in [0.25, 0.3) is 0 Å². The molecule has 1 aliphatic heterocycles. The predicted molar refractivity (Wildman–Crippen MR) is 88.5 cm³/mol. The summed E-state index contributed by atoms with van der Waals surface area (Å²) >= 11 is 1.06. The third kappa shape index (κ3) is 5.41. The topological polar surface area (TPSA) is 90.0 Å². The number of piperazine rings is 1. The Morgan fingerprint density at radius 3 is 2.21 bits per heavy atom. The first kappa shape index (κ1) is 18.1. The molecular formula is C15H18FN3O4S. The second-order valence-corrected chi connectivity index (χ2v) is 6.18. The van der Waals surface area contributed by atoms with Gasteiger partial charge in [0.1, 0.15) is 5.82 Å². The average molecular weight is 355 g/mol. The maximum atomic E-state index is 12.8. The zero-order valence-corrected chi connectivity index (χ0v) is 13.7. The summed E-state index contributed by atoms with van der Waals surface area (Å²) in [6.07, 6.45) is 0. The number of halogens is 1. The lowest BCUT2D eigenvalue weighted by Crippen LogP contribution is -2.52. The molecule has 0 radical (unpaired) electrons. The van der Waals surface area contributed by atoms with Crippen LogP contribution in [0.4, 0.5) is 14.9 Å². The maximum absolute atomic E-state index is 12.8. The van der Waals surface area contributed by atoms with Crippen LogP contribution in [-0.4, -0.2) is 70.5 Å². The molecule has 1 aliphatic rings. The number of anilines is 1. The molecular weight excluding hydrogens is 337 g/mol. The third-order valence-electron chi connectivity index (χ3n) is 3.47. The molecule has 1 saturated heterocycles. The molecule has 2 rings (SSSR count). The van der Waals surface area contributed by atoms with Crippen molar-refractivity contribution in [2.75, 3.05) is 43.0 Å². The number of urea groups is 1. The summed E-state index contributed by atoms with van der Waals surface area (Å²) in [6.45, 7) is 1.59. The van der Waals surface area contributed by atoms with Crippen LogP contribution in [0, 0.1) is 5.82 Å². The van der Waals surface area contributed by atoms with Crippen molar-refractivity contribution < 1.29 is 23.9 Å². The first-order valence-corrected chi connectivity index (χ1v) is 8.50. The van der Waals surface area contributed by atoms with E-state index in [1.165, 1.54) is 24.3 Å². The van der Waals surface area contributed by atoms with E-state index < -0.39 is 5.97 Å². The van der Waals surface area contributed by atoms with Gasteiger partial charge >= 0.3 is 12.0 Å². The van der Waals surface area contributed by atoms with Crippen LogP contribution in [0.15, 0.2) is 24.3 Å². The molecule has 0 unspecified atom stereocenters. The molecule has 9 heteroatoms. The minimum absolute atomic E-state index is 0.105. The molecule has 1 heterocycles. The van der Waals surface area contributed by atoms with Crippen LogP contribution in [0.2, 0.25) is 0 Å². The number of nitrogens with one attached hydrogen (secondary N) is 1. The van der Waals surface area contributed by atoms with Gasteiger partial charge < -0.3 is 20.2 Å². The second kappa shape index (κ2) is 8.53. The zero-order valence-electron chi connectivity index (χ0n) is 12.9. The van der Waals surface area contributed by atoms with Gasteiger partial charge in [-0.3, -0.25) is 9.59 Å². The molecule has 0 atom stereocenters. The molecule has 24 heavy (non-hydrogen) atoms. The van der Waals surface area contributed by atoms with Crippen LogP contribution in [-0.2, 0) is 9.59 Å². The number of carboxylic acids is 1. The van der Waals surface area contributed by atoms with Gasteiger partial charge in [0.15, 0.2) is 0 Å². The summed E-state index contributed by atoms with van der Waals surface area (Å²) in [5.41, 5.74) is 0.505. The zero-order chi connectivity index (χ0) is 17.5. The van der Waals surface area contributed by atoms with Crippen molar-refractivity contribution in [3.63, 3.8) is 0 Å². The Bertz CT molecular complexity index is 603. The molecule has 0 spiro atoms. The summed E-state index contributed by atoms with van der Waals surface area (Å²) in [5, 5.41) is 11.2. The summed E-state index contributed by atoms with van der Waals surface area (Å²) in [7, 11) is 0. The average Bonchev–Trinajstić information content (AvgIpc) is 2.56. The maximum Gasteiger partial charge on any atom is 0.321 e. The van der Waals surface area contributed by atoms with Gasteiger partial charge in [0.2, 0.25) is 5.91 Å². The minimum Gasteiger partial charge on any atom is -0.481 e. The molecule has 0 aliphatic carbocycles. The van der Waals surface area contributed by atoms with Crippen LogP contribution in [0.3, 0.4) is 0 Å². The number of carbonyl (C=O) groups is 3. The van der Waals surface area contributed by atoms with Crippen LogP contribution >= 0.6 is 11.8 Å². The Labute approximate surface area is 142 Å². The minimum atomic E-state index is -0.949. The van der Waals surface area contributed by atoms with Crippen molar-refractivity contribution >= 4 is 35.4 Å². The SMILES string of the molecule is O=C(O)CSCC(=O)N1CCN(C(=O)Nc2ccc(F)cc2)CC1. The quantitative estimate of drug-likeness (QED) is 0.831. The standard InChI is InChI=1S/C15H18FN3O4S/c16-11-1-3-12(4-2-11)17-15(23)19-7-5-18(6-8-19)13(20)9-24-10-14(21)22/h1-4H,5-10H2,(H,17,23)(H,21,22). The molecule has 0 saturated carbocycles. The van der Waals surface area contributed by atoms with Gasteiger partial charge in [-0.25, -0.2) is 9.18 Å². The van der Waals surface area contributed by atoms with E-state index >= 15 is 0 Å². The number of hydrogen-bond acceptors (Lipinski definition) is 4. The largest absolute Gasteiger partial charge is 0.481 e. The molecule has 7 nitrogen and oxygen atoms in total. The van der Waals surface area contributed by atoms with E-state index in [1.807, 2.05) is 0 Å². The van der Waals surface area contributed by atoms with Gasteiger partial charge in [0.25, 0.3) is 0 Å². The highest BCUT2D eigenvalue weighted by molar-refractivity contribution is 8.00. The van der Waals surface area contributed by atoms with E-state index in [4.69, 9.17) is 5.11 Å². The molecule has 2 N–H and O–H groups in total. The van der Waals surface area contributed by atoms with Crippen LogP contribution in [0.5, 0.6) is 0 Å². The monoisotopic (exact) mass is 355 g/mol. The van der Waals surface area contributed by atoms with E-state index in [9.17, 15) is 18.8 Å². The van der Waals surface area contributed by atoms with Crippen molar-refractivity contribution in [1.82, 2.24) is 9.80 Å². The Morgan fingerprint density at radius 2 is 1.62 bits per heavy atom. The summed E-state index contributed by atoms with van der Waals surface area (Å²) in [6, 6.07) is 5.19.